The molecule has 0 saturated carbocycles. The van der Waals surface area contributed by atoms with Crippen LogP contribution >= 0.6 is 0 Å². The van der Waals surface area contributed by atoms with E-state index in [1.54, 1.807) is 0 Å². The van der Waals surface area contributed by atoms with E-state index in [9.17, 15) is 4.79 Å². The Balaban J connectivity index is 2.42. The first-order valence-electron chi connectivity index (χ1n) is 5.68. The molecule has 86 valence electrons. The van der Waals surface area contributed by atoms with E-state index in [1.807, 2.05) is 0 Å². The van der Waals surface area contributed by atoms with Gasteiger partial charge in [-0.25, -0.2) is 0 Å². The summed E-state index contributed by atoms with van der Waals surface area (Å²) in [5.41, 5.74) is 3.85. The molecule has 16 heavy (non-hydrogen) atoms. The Hall–Kier alpha value is -1.31. The third-order valence-corrected chi connectivity index (χ3v) is 3.29. The topological polar surface area (TPSA) is 26.3 Å². The van der Waals surface area contributed by atoms with Crippen molar-refractivity contribution in [3.05, 3.63) is 34.9 Å². The second kappa shape index (κ2) is 3.62. The predicted octanol–water partition coefficient (Wildman–Crippen LogP) is 3.28. The van der Waals surface area contributed by atoms with Crippen molar-refractivity contribution in [1.82, 2.24) is 0 Å². The molecule has 0 saturated heterocycles. The molecule has 0 heterocycles. The van der Waals surface area contributed by atoms with Crippen LogP contribution in [0.5, 0.6) is 0 Å². The van der Waals surface area contributed by atoms with Crippen molar-refractivity contribution in [2.45, 2.75) is 45.6 Å². The minimum absolute atomic E-state index is 0.0666. The number of rotatable bonds is 1. The number of aryl methyl sites for hydroxylation is 1. The van der Waals surface area contributed by atoms with Crippen molar-refractivity contribution in [3.8, 4) is 0 Å². The van der Waals surface area contributed by atoms with Crippen LogP contribution in [0.25, 0.3) is 0 Å². The maximum atomic E-state index is 11.1. The van der Waals surface area contributed by atoms with Crippen LogP contribution in [-0.2, 0) is 14.9 Å². The highest BCUT2D eigenvalue weighted by Gasteiger charge is 2.38. The van der Waals surface area contributed by atoms with Gasteiger partial charge in [-0.1, -0.05) is 37.6 Å². The van der Waals surface area contributed by atoms with E-state index in [0.717, 1.165) is 6.42 Å². The van der Waals surface area contributed by atoms with Gasteiger partial charge in [0.15, 0.2) is 0 Å². The lowest BCUT2D eigenvalue weighted by Gasteiger charge is -2.19. The monoisotopic (exact) mass is 218 g/mol. The second-order valence-corrected chi connectivity index (χ2v) is 5.28. The van der Waals surface area contributed by atoms with Crippen molar-refractivity contribution in [2.75, 3.05) is 0 Å². The quantitative estimate of drug-likeness (QED) is 0.676. The van der Waals surface area contributed by atoms with Gasteiger partial charge in [-0.15, -0.1) is 0 Å². The van der Waals surface area contributed by atoms with Crippen molar-refractivity contribution in [2.24, 2.45) is 0 Å². The summed E-state index contributed by atoms with van der Waals surface area (Å²) in [5, 5.41) is 0. The first-order valence-corrected chi connectivity index (χ1v) is 5.68. The van der Waals surface area contributed by atoms with Gasteiger partial charge in [0.25, 0.3) is 0 Å². The van der Waals surface area contributed by atoms with E-state index in [1.165, 1.54) is 23.6 Å². The summed E-state index contributed by atoms with van der Waals surface area (Å²) in [6, 6.07) is 6.38. The van der Waals surface area contributed by atoms with E-state index in [4.69, 9.17) is 4.74 Å². The number of ether oxygens (including phenoxy) is 1. The zero-order valence-corrected chi connectivity index (χ0v) is 10.3. The fourth-order valence-electron chi connectivity index (χ4n) is 2.53. The normalized spacial score (nSPS) is 21.6. The molecule has 0 amide bonds. The number of carbonyl (C=O) groups is 1. The summed E-state index contributed by atoms with van der Waals surface area (Å²) >= 11 is 0. The van der Waals surface area contributed by atoms with Gasteiger partial charge >= 0.3 is 5.97 Å². The predicted molar refractivity (Wildman–Crippen MR) is 63.3 cm³/mol. The smallest absolute Gasteiger partial charge is 0.303 e. The minimum atomic E-state index is -0.200. The molecule has 1 aromatic rings. The standard InChI is InChI=1S/C14H18O2/c1-9-5-6-11-12(7-9)14(3,4)8-13(11)16-10(2)15/h5-7,13H,8H2,1-4H3/t13-/m0/s1. The van der Waals surface area contributed by atoms with E-state index in [0.29, 0.717) is 0 Å². The summed E-state index contributed by atoms with van der Waals surface area (Å²) in [4.78, 5) is 11.1. The summed E-state index contributed by atoms with van der Waals surface area (Å²) in [6.07, 6.45) is 0.814. The zero-order valence-electron chi connectivity index (χ0n) is 10.3. The lowest BCUT2D eigenvalue weighted by molar-refractivity contribution is -0.147. The molecule has 2 nitrogen and oxygen atoms in total. The summed E-state index contributed by atoms with van der Waals surface area (Å²) in [5.74, 6) is -0.200. The Morgan fingerprint density at radius 3 is 2.75 bits per heavy atom. The lowest BCUT2D eigenvalue weighted by atomic mass is 9.86. The molecule has 1 aliphatic carbocycles. The molecule has 0 fully saturated rings. The maximum absolute atomic E-state index is 11.1. The Morgan fingerprint density at radius 1 is 1.44 bits per heavy atom. The highest BCUT2D eigenvalue weighted by molar-refractivity contribution is 5.66. The molecule has 2 heteroatoms. The molecule has 0 N–H and O–H groups in total. The molecular formula is C14H18O2. The molecule has 0 bridgehead atoms. The van der Waals surface area contributed by atoms with E-state index in [-0.39, 0.29) is 17.5 Å². The average molecular weight is 218 g/mol. The molecule has 1 aliphatic rings. The third kappa shape index (κ3) is 1.84. The minimum Gasteiger partial charge on any atom is -0.458 e. The van der Waals surface area contributed by atoms with Crippen LogP contribution in [0.3, 0.4) is 0 Å². The SMILES string of the molecule is CC(=O)O[C@H]1CC(C)(C)c2cc(C)ccc21. The van der Waals surface area contributed by atoms with Gasteiger partial charge in [0.1, 0.15) is 6.10 Å². The Kier molecular flexibility index (Phi) is 2.53. The van der Waals surface area contributed by atoms with Crippen molar-refractivity contribution < 1.29 is 9.53 Å². The number of hydrogen-bond donors (Lipinski definition) is 0. The number of benzene rings is 1. The molecule has 0 unspecified atom stereocenters. The largest absolute Gasteiger partial charge is 0.458 e. The Bertz CT molecular complexity index is 432. The summed E-state index contributed by atoms with van der Waals surface area (Å²) < 4.78 is 5.37. The van der Waals surface area contributed by atoms with Gasteiger partial charge in [-0.3, -0.25) is 4.79 Å². The van der Waals surface area contributed by atoms with E-state index in [2.05, 4.69) is 39.0 Å². The number of fused-ring (bicyclic) bond motifs is 1. The molecule has 2 rings (SSSR count). The van der Waals surface area contributed by atoms with E-state index >= 15 is 0 Å². The van der Waals surface area contributed by atoms with Crippen LogP contribution in [0, 0.1) is 6.92 Å². The third-order valence-electron chi connectivity index (χ3n) is 3.29. The fourth-order valence-corrected chi connectivity index (χ4v) is 2.53. The number of carbonyl (C=O) groups excluding carboxylic acids is 1. The molecular weight excluding hydrogens is 200 g/mol. The van der Waals surface area contributed by atoms with Crippen molar-refractivity contribution >= 4 is 5.97 Å². The average Bonchev–Trinajstić information content (AvgIpc) is 2.37. The van der Waals surface area contributed by atoms with Gasteiger partial charge in [0.05, 0.1) is 0 Å². The van der Waals surface area contributed by atoms with Crippen LogP contribution in [0.2, 0.25) is 0 Å². The Morgan fingerprint density at radius 2 is 2.12 bits per heavy atom. The zero-order chi connectivity index (χ0) is 11.9. The van der Waals surface area contributed by atoms with Crippen LogP contribution in [0.15, 0.2) is 18.2 Å². The number of esters is 1. The van der Waals surface area contributed by atoms with Crippen molar-refractivity contribution in [3.63, 3.8) is 0 Å². The maximum Gasteiger partial charge on any atom is 0.303 e. The number of hydrogen-bond acceptors (Lipinski definition) is 2. The molecule has 0 spiro atoms. The van der Waals surface area contributed by atoms with Gasteiger partial charge in [0.2, 0.25) is 0 Å². The van der Waals surface area contributed by atoms with Crippen LogP contribution in [0.4, 0.5) is 0 Å². The van der Waals surface area contributed by atoms with Gasteiger partial charge in [-0.05, 0) is 29.9 Å². The first-order chi connectivity index (χ1) is 7.40. The van der Waals surface area contributed by atoms with Crippen molar-refractivity contribution in [1.29, 1.82) is 0 Å². The van der Waals surface area contributed by atoms with Gasteiger partial charge in [-0.2, -0.15) is 0 Å². The molecule has 0 radical (unpaired) electrons. The summed E-state index contributed by atoms with van der Waals surface area (Å²) in [7, 11) is 0. The van der Waals surface area contributed by atoms with Crippen LogP contribution < -0.4 is 0 Å². The highest BCUT2D eigenvalue weighted by atomic mass is 16.5. The second-order valence-electron chi connectivity index (χ2n) is 5.28. The fraction of sp³-hybridized carbons (Fsp3) is 0.500. The molecule has 0 aromatic heterocycles. The first kappa shape index (κ1) is 11.2. The highest BCUT2D eigenvalue weighted by Crippen LogP contribution is 2.46. The molecule has 1 atom stereocenters. The molecule has 0 aliphatic heterocycles. The van der Waals surface area contributed by atoms with Gasteiger partial charge < -0.3 is 4.74 Å². The molecule has 1 aromatic carbocycles. The van der Waals surface area contributed by atoms with Crippen LogP contribution in [0.1, 0.15) is 50.0 Å². The lowest BCUT2D eigenvalue weighted by Crippen LogP contribution is -2.13. The van der Waals surface area contributed by atoms with Crippen LogP contribution in [-0.4, -0.2) is 5.97 Å². The van der Waals surface area contributed by atoms with Gasteiger partial charge in [0, 0.05) is 6.92 Å². The Labute approximate surface area is 96.6 Å². The summed E-state index contributed by atoms with van der Waals surface area (Å²) in [6.45, 7) is 7.97. The van der Waals surface area contributed by atoms with E-state index < -0.39 is 0 Å².